The van der Waals surface area contributed by atoms with Crippen LogP contribution in [0.4, 0.5) is 0 Å². The third-order valence-corrected chi connectivity index (χ3v) is 3.07. The van der Waals surface area contributed by atoms with Crippen molar-refractivity contribution < 1.29 is 14.3 Å². The lowest BCUT2D eigenvalue weighted by molar-refractivity contribution is -0.140. The summed E-state index contributed by atoms with van der Waals surface area (Å²) < 4.78 is 10.1. The van der Waals surface area contributed by atoms with Gasteiger partial charge in [0, 0.05) is 18.7 Å². The van der Waals surface area contributed by atoms with Crippen LogP contribution in [0.5, 0.6) is 5.75 Å². The molecule has 0 heterocycles. The molecule has 0 radical (unpaired) electrons. The molecule has 4 nitrogen and oxygen atoms in total. The van der Waals surface area contributed by atoms with Crippen molar-refractivity contribution in [2.45, 2.75) is 26.8 Å². The van der Waals surface area contributed by atoms with Crippen LogP contribution in [0.2, 0.25) is 0 Å². The first-order chi connectivity index (χ1) is 8.97. The van der Waals surface area contributed by atoms with Gasteiger partial charge in [-0.15, -0.1) is 0 Å². The Kier molecular flexibility index (Phi) is 5.83. The smallest absolute Gasteiger partial charge is 0.306 e. The molecule has 0 unspecified atom stereocenters. The minimum Gasteiger partial charge on any atom is -0.496 e. The molecule has 0 amide bonds. The molecule has 4 heteroatoms. The number of methoxy groups -OCH3 is 2. The van der Waals surface area contributed by atoms with Gasteiger partial charge in [-0.3, -0.25) is 4.79 Å². The number of hydrogen-bond acceptors (Lipinski definition) is 4. The fraction of sp³-hybridized carbons (Fsp3) is 0.533. The highest BCUT2D eigenvalue weighted by molar-refractivity contribution is 5.69. The largest absolute Gasteiger partial charge is 0.496 e. The van der Waals surface area contributed by atoms with E-state index in [9.17, 15) is 4.79 Å². The molecule has 0 fully saturated rings. The van der Waals surface area contributed by atoms with Crippen LogP contribution in [0.15, 0.2) is 12.1 Å². The lowest BCUT2D eigenvalue weighted by Crippen LogP contribution is -2.22. The number of aryl methyl sites for hydroxylation is 2. The van der Waals surface area contributed by atoms with Crippen molar-refractivity contribution in [2.75, 3.05) is 27.8 Å². The molecule has 0 aliphatic carbocycles. The Labute approximate surface area is 115 Å². The molecule has 1 aromatic carbocycles. The van der Waals surface area contributed by atoms with Crippen LogP contribution in [0, 0.1) is 13.8 Å². The topological polar surface area (TPSA) is 38.8 Å². The summed E-state index contributed by atoms with van der Waals surface area (Å²) in [5.41, 5.74) is 3.50. The summed E-state index contributed by atoms with van der Waals surface area (Å²) in [4.78, 5) is 13.2. The molecule has 0 aliphatic heterocycles. The van der Waals surface area contributed by atoms with Crippen LogP contribution in [-0.4, -0.2) is 38.7 Å². The van der Waals surface area contributed by atoms with Gasteiger partial charge in [0.2, 0.25) is 0 Å². The van der Waals surface area contributed by atoms with E-state index in [0.717, 1.165) is 23.4 Å². The van der Waals surface area contributed by atoms with E-state index < -0.39 is 0 Å². The average molecular weight is 265 g/mol. The van der Waals surface area contributed by atoms with Gasteiger partial charge in [0.1, 0.15) is 5.75 Å². The third kappa shape index (κ3) is 4.56. The lowest BCUT2D eigenvalue weighted by atomic mass is 10.1. The fourth-order valence-corrected chi connectivity index (χ4v) is 2.21. The van der Waals surface area contributed by atoms with Gasteiger partial charge in [0.15, 0.2) is 0 Å². The standard InChI is InChI=1S/C15H23NO3/c1-11-8-12(2)15(19-5)13(9-11)10-16(3)7-6-14(17)18-4/h8-9H,6-7,10H2,1-5H3. The van der Waals surface area contributed by atoms with E-state index in [-0.39, 0.29) is 5.97 Å². The Morgan fingerprint density at radius 1 is 1.26 bits per heavy atom. The summed E-state index contributed by atoms with van der Waals surface area (Å²) in [6.07, 6.45) is 0.403. The quantitative estimate of drug-likeness (QED) is 0.740. The van der Waals surface area contributed by atoms with Gasteiger partial charge in [-0.2, -0.15) is 0 Å². The van der Waals surface area contributed by atoms with E-state index in [0.29, 0.717) is 13.0 Å². The molecule has 0 atom stereocenters. The molecule has 1 rings (SSSR count). The van der Waals surface area contributed by atoms with Crippen LogP contribution >= 0.6 is 0 Å². The summed E-state index contributed by atoms with van der Waals surface area (Å²) in [6, 6.07) is 4.23. The highest BCUT2D eigenvalue weighted by atomic mass is 16.5. The molecular formula is C15H23NO3. The van der Waals surface area contributed by atoms with Crippen LogP contribution in [0.1, 0.15) is 23.1 Å². The molecule has 0 aliphatic rings. The monoisotopic (exact) mass is 265 g/mol. The molecular weight excluding hydrogens is 242 g/mol. The minimum atomic E-state index is -0.181. The van der Waals surface area contributed by atoms with E-state index in [1.807, 2.05) is 14.0 Å². The summed E-state index contributed by atoms with van der Waals surface area (Å²) in [5.74, 6) is 0.745. The number of nitrogens with zero attached hydrogens (tertiary/aromatic N) is 1. The predicted octanol–water partition coefficient (Wildman–Crippen LogP) is 2.31. The lowest BCUT2D eigenvalue weighted by Gasteiger charge is -2.19. The van der Waals surface area contributed by atoms with Crippen LogP contribution < -0.4 is 4.74 Å². The zero-order valence-corrected chi connectivity index (χ0v) is 12.4. The molecule has 19 heavy (non-hydrogen) atoms. The Balaban J connectivity index is 2.73. The number of carbonyl (C=O) groups excluding carboxylic acids is 1. The number of benzene rings is 1. The zero-order chi connectivity index (χ0) is 14.4. The second kappa shape index (κ2) is 7.14. The van der Waals surface area contributed by atoms with Gasteiger partial charge < -0.3 is 14.4 Å². The summed E-state index contributed by atoms with van der Waals surface area (Å²) in [6.45, 7) is 5.54. The molecule has 0 N–H and O–H groups in total. The first-order valence-electron chi connectivity index (χ1n) is 6.37. The Morgan fingerprint density at radius 2 is 1.95 bits per heavy atom. The van der Waals surface area contributed by atoms with E-state index in [4.69, 9.17) is 4.74 Å². The SMILES string of the molecule is COC(=O)CCN(C)Cc1cc(C)cc(C)c1OC. The van der Waals surface area contributed by atoms with E-state index >= 15 is 0 Å². The second-order valence-corrected chi connectivity index (χ2v) is 4.84. The van der Waals surface area contributed by atoms with Crippen LogP contribution in [-0.2, 0) is 16.1 Å². The molecule has 0 saturated carbocycles. The molecule has 0 spiro atoms. The molecule has 1 aromatic rings. The van der Waals surface area contributed by atoms with Crippen molar-refractivity contribution >= 4 is 5.97 Å². The van der Waals surface area contributed by atoms with E-state index in [2.05, 4.69) is 28.7 Å². The maximum Gasteiger partial charge on any atom is 0.306 e. The average Bonchev–Trinajstić information content (AvgIpc) is 2.35. The van der Waals surface area contributed by atoms with Crippen LogP contribution in [0.3, 0.4) is 0 Å². The van der Waals surface area contributed by atoms with Gasteiger partial charge in [0.05, 0.1) is 20.6 Å². The van der Waals surface area contributed by atoms with Crippen molar-refractivity contribution in [3.8, 4) is 5.75 Å². The van der Waals surface area contributed by atoms with E-state index in [1.165, 1.54) is 12.7 Å². The Morgan fingerprint density at radius 3 is 2.53 bits per heavy atom. The number of rotatable bonds is 6. The Bertz CT molecular complexity index is 443. The highest BCUT2D eigenvalue weighted by Crippen LogP contribution is 2.26. The van der Waals surface area contributed by atoms with Crippen molar-refractivity contribution in [1.82, 2.24) is 4.90 Å². The van der Waals surface area contributed by atoms with Gasteiger partial charge in [-0.05, 0) is 26.5 Å². The van der Waals surface area contributed by atoms with E-state index in [1.54, 1.807) is 7.11 Å². The van der Waals surface area contributed by atoms with Crippen molar-refractivity contribution in [3.05, 3.63) is 28.8 Å². The first-order valence-corrected chi connectivity index (χ1v) is 6.37. The van der Waals surface area contributed by atoms with Gasteiger partial charge in [0.25, 0.3) is 0 Å². The molecule has 0 saturated heterocycles. The van der Waals surface area contributed by atoms with Crippen molar-refractivity contribution in [2.24, 2.45) is 0 Å². The fourth-order valence-electron chi connectivity index (χ4n) is 2.21. The van der Waals surface area contributed by atoms with Gasteiger partial charge in [-0.1, -0.05) is 17.7 Å². The number of hydrogen-bond donors (Lipinski definition) is 0. The normalized spacial score (nSPS) is 10.6. The third-order valence-electron chi connectivity index (χ3n) is 3.07. The molecule has 0 bridgehead atoms. The zero-order valence-electron chi connectivity index (χ0n) is 12.4. The summed E-state index contributed by atoms with van der Waals surface area (Å²) in [7, 11) is 5.09. The predicted molar refractivity (Wildman–Crippen MR) is 75.4 cm³/mol. The number of esters is 1. The maximum atomic E-state index is 11.1. The maximum absolute atomic E-state index is 11.1. The second-order valence-electron chi connectivity index (χ2n) is 4.84. The van der Waals surface area contributed by atoms with Gasteiger partial charge in [-0.25, -0.2) is 0 Å². The summed E-state index contributed by atoms with van der Waals surface area (Å²) in [5, 5.41) is 0. The minimum absolute atomic E-state index is 0.181. The Hall–Kier alpha value is -1.55. The number of carbonyl (C=O) groups is 1. The summed E-state index contributed by atoms with van der Waals surface area (Å²) >= 11 is 0. The molecule has 106 valence electrons. The first kappa shape index (κ1) is 15.5. The number of ether oxygens (including phenoxy) is 2. The van der Waals surface area contributed by atoms with Crippen molar-refractivity contribution in [3.63, 3.8) is 0 Å². The van der Waals surface area contributed by atoms with Crippen LogP contribution in [0.25, 0.3) is 0 Å². The highest BCUT2D eigenvalue weighted by Gasteiger charge is 2.11. The van der Waals surface area contributed by atoms with Gasteiger partial charge >= 0.3 is 5.97 Å². The molecule has 0 aromatic heterocycles. The van der Waals surface area contributed by atoms with Crippen molar-refractivity contribution in [1.29, 1.82) is 0 Å².